The van der Waals surface area contributed by atoms with Crippen LogP contribution >= 0.6 is 0 Å². The molecule has 0 saturated carbocycles. The number of rotatable bonds is 7. The molecule has 5 nitrogen and oxygen atoms in total. The first-order valence-electron chi connectivity index (χ1n) is 9.56. The highest BCUT2D eigenvalue weighted by molar-refractivity contribution is 5.80. The Hall–Kier alpha value is -1.36. The summed E-state index contributed by atoms with van der Waals surface area (Å²) in [6, 6.07) is 2.01. The fourth-order valence-electron chi connectivity index (χ4n) is 3.69. The van der Waals surface area contributed by atoms with Crippen molar-refractivity contribution in [1.29, 1.82) is 0 Å². The molecule has 1 N–H and O–H groups in total. The van der Waals surface area contributed by atoms with Crippen molar-refractivity contribution in [3.8, 4) is 0 Å². The van der Waals surface area contributed by atoms with Gasteiger partial charge in [0.25, 0.3) is 0 Å². The average molecular weight is 335 g/mol. The van der Waals surface area contributed by atoms with Crippen molar-refractivity contribution in [3.05, 3.63) is 17.5 Å². The van der Waals surface area contributed by atoms with Crippen LogP contribution in [0.25, 0.3) is 0 Å². The topological polar surface area (TPSA) is 50.2 Å². The molecule has 0 bridgehead atoms. The standard InChI is InChI=1S/C19H34N4O/c1-5-10-18(23-17(4)13-15(2)21-23)19(24)20-16(3)14-22-11-8-6-7-9-12-22/h13,16,18H,5-12,14H2,1-4H3,(H,20,24). The van der Waals surface area contributed by atoms with E-state index in [0.29, 0.717) is 0 Å². The molecule has 0 aromatic carbocycles. The Bertz CT molecular complexity index is 517. The maximum Gasteiger partial charge on any atom is 0.245 e. The molecular weight excluding hydrogens is 300 g/mol. The first kappa shape index (κ1) is 19.0. The van der Waals surface area contributed by atoms with Crippen LogP contribution in [0.5, 0.6) is 0 Å². The van der Waals surface area contributed by atoms with Crippen LogP contribution in [0.1, 0.15) is 69.8 Å². The van der Waals surface area contributed by atoms with Crippen molar-refractivity contribution in [2.75, 3.05) is 19.6 Å². The highest BCUT2D eigenvalue weighted by atomic mass is 16.2. The van der Waals surface area contributed by atoms with Crippen LogP contribution in [0, 0.1) is 13.8 Å². The van der Waals surface area contributed by atoms with Crippen molar-refractivity contribution in [3.63, 3.8) is 0 Å². The summed E-state index contributed by atoms with van der Waals surface area (Å²) in [4.78, 5) is 15.3. The van der Waals surface area contributed by atoms with Crippen LogP contribution in [-0.4, -0.2) is 46.3 Å². The van der Waals surface area contributed by atoms with Gasteiger partial charge in [0.05, 0.1) is 5.69 Å². The summed E-state index contributed by atoms with van der Waals surface area (Å²) < 4.78 is 1.90. The second-order valence-corrected chi connectivity index (χ2v) is 7.30. The van der Waals surface area contributed by atoms with E-state index in [9.17, 15) is 4.79 Å². The van der Waals surface area contributed by atoms with Gasteiger partial charge in [0.2, 0.25) is 5.91 Å². The molecule has 1 aliphatic rings. The molecule has 1 saturated heterocycles. The van der Waals surface area contributed by atoms with E-state index in [1.165, 1.54) is 25.7 Å². The van der Waals surface area contributed by atoms with Gasteiger partial charge in [0.15, 0.2) is 0 Å². The number of nitrogens with one attached hydrogen (secondary N) is 1. The number of hydrogen-bond donors (Lipinski definition) is 1. The predicted octanol–water partition coefficient (Wildman–Crippen LogP) is 3.22. The fourth-order valence-corrected chi connectivity index (χ4v) is 3.69. The van der Waals surface area contributed by atoms with Gasteiger partial charge in [-0.2, -0.15) is 5.10 Å². The molecule has 1 aromatic heterocycles. The second-order valence-electron chi connectivity index (χ2n) is 7.30. The Kier molecular flexibility index (Phi) is 7.28. The number of hydrogen-bond acceptors (Lipinski definition) is 3. The van der Waals surface area contributed by atoms with E-state index in [4.69, 9.17) is 0 Å². The van der Waals surface area contributed by atoms with E-state index < -0.39 is 0 Å². The zero-order valence-electron chi connectivity index (χ0n) is 15.8. The first-order valence-corrected chi connectivity index (χ1v) is 9.56. The Balaban J connectivity index is 1.95. The Morgan fingerprint density at radius 3 is 2.46 bits per heavy atom. The summed E-state index contributed by atoms with van der Waals surface area (Å²) in [6.07, 6.45) is 7.04. The molecule has 2 rings (SSSR count). The predicted molar refractivity (Wildman–Crippen MR) is 98.2 cm³/mol. The molecule has 1 amide bonds. The second kappa shape index (κ2) is 9.21. The van der Waals surface area contributed by atoms with Gasteiger partial charge in [0, 0.05) is 18.3 Å². The molecule has 2 heterocycles. The van der Waals surface area contributed by atoms with Crippen molar-refractivity contribution in [1.82, 2.24) is 20.0 Å². The van der Waals surface area contributed by atoms with Crippen LogP contribution < -0.4 is 5.32 Å². The molecule has 2 unspecified atom stereocenters. The van der Waals surface area contributed by atoms with Crippen LogP contribution in [0.4, 0.5) is 0 Å². The minimum Gasteiger partial charge on any atom is -0.351 e. The maximum atomic E-state index is 12.8. The highest BCUT2D eigenvalue weighted by Gasteiger charge is 2.24. The van der Waals surface area contributed by atoms with Gasteiger partial charge < -0.3 is 10.2 Å². The van der Waals surface area contributed by atoms with Gasteiger partial charge in [-0.25, -0.2) is 0 Å². The van der Waals surface area contributed by atoms with Crippen molar-refractivity contribution >= 4 is 5.91 Å². The monoisotopic (exact) mass is 334 g/mol. The van der Waals surface area contributed by atoms with Gasteiger partial charge >= 0.3 is 0 Å². The molecule has 1 aliphatic heterocycles. The fraction of sp³-hybridized carbons (Fsp3) is 0.789. The summed E-state index contributed by atoms with van der Waals surface area (Å²) in [5.74, 6) is 0.102. The zero-order valence-corrected chi connectivity index (χ0v) is 15.8. The van der Waals surface area contributed by atoms with Crippen molar-refractivity contribution in [2.45, 2.75) is 78.3 Å². The quantitative estimate of drug-likeness (QED) is 0.833. The molecule has 1 aromatic rings. The molecule has 0 spiro atoms. The van der Waals surface area contributed by atoms with Gasteiger partial charge in [0.1, 0.15) is 6.04 Å². The van der Waals surface area contributed by atoms with Gasteiger partial charge in [-0.1, -0.05) is 26.2 Å². The van der Waals surface area contributed by atoms with Crippen LogP contribution in [0.15, 0.2) is 6.07 Å². The van der Waals surface area contributed by atoms with Crippen molar-refractivity contribution in [2.24, 2.45) is 0 Å². The zero-order chi connectivity index (χ0) is 17.5. The number of nitrogens with zero attached hydrogens (tertiary/aromatic N) is 3. The van der Waals surface area contributed by atoms with Crippen LogP contribution in [-0.2, 0) is 4.79 Å². The summed E-state index contributed by atoms with van der Waals surface area (Å²) >= 11 is 0. The Morgan fingerprint density at radius 2 is 1.92 bits per heavy atom. The third kappa shape index (κ3) is 5.33. The minimum absolute atomic E-state index is 0.102. The van der Waals surface area contributed by atoms with E-state index in [2.05, 4.69) is 29.2 Å². The molecule has 5 heteroatoms. The summed E-state index contributed by atoms with van der Waals surface area (Å²) in [5.41, 5.74) is 2.03. The van der Waals surface area contributed by atoms with Crippen LogP contribution in [0.3, 0.4) is 0 Å². The Morgan fingerprint density at radius 1 is 1.25 bits per heavy atom. The third-order valence-electron chi connectivity index (χ3n) is 4.82. The number of amides is 1. The van der Waals surface area contributed by atoms with E-state index in [0.717, 1.165) is 43.9 Å². The van der Waals surface area contributed by atoms with E-state index in [1.54, 1.807) is 0 Å². The molecule has 136 valence electrons. The highest BCUT2D eigenvalue weighted by Crippen LogP contribution is 2.17. The average Bonchev–Trinajstić information content (AvgIpc) is 2.72. The van der Waals surface area contributed by atoms with E-state index in [-0.39, 0.29) is 18.0 Å². The molecular formula is C19H34N4O. The lowest BCUT2D eigenvalue weighted by Gasteiger charge is -2.26. The summed E-state index contributed by atoms with van der Waals surface area (Å²) in [5, 5.41) is 7.76. The lowest BCUT2D eigenvalue weighted by atomic mass is 10.1. The number of aryl methyl sites for hydroxylation is 2. The normalized spacial score (nSPS) is 18.8. The molecule has 2 atom stereocenters. The molecule has 0 aliphatic carbocycles. The number of carbonyl (C=O) groups is 1. The SMILES string of the molecule is CCCC(C(=O)NC(C)CN1CCCCCC1)n1nc(C)cc1C. The summed E-state index contributed by atoms with van der Waals surface area (Å²) in [6.45, 7) is 11.5. The lowest BCUT2D eigenvalue weighted by molar-refractivity contribution is -0.125. The van der Waals surface area contributed by atoms with Gasteiger partial charge in [-0.15, -0.1) is 0 Å². The lowest BCUT2D eigenvalue weighted by Crippen LogP contribution is -2.45. The van der Waals surface area contributed by atoms with Crippen LogP contribution in [0.2, 0.25) is 0 Å². The molecule has 24 heavy (non-hydrogen) atoms. The molecule has 0 radical (unpaired) electrons. The third-order valence-corrected chi connectivity index (χ3v) is 4.82. The van der Waals surface area contributed by atoms with Gasteiger partial charge in [-0.3, -0.25) is 9.48 Å². The van der Waals surface area contributed by atoms with E-state index >= 15 is 0 Å². The smallest absolute Gasteiger partial charge is 0.245 e. The minimum atomic E-state index is -0.199. The van der Waals surface area contributed by atoms with Crippen molar-refractivity contribution < 1.29 is 4.79 Å². The first-order chi connectivity index (χ1) is 11.5. The number of carbonyl (C=O) groups excluding carboxylic acids is 1. The molecule has 1 fully saturated rings. The largest absolute Gasteiger partial charge is 0.351 e. The summed E-state index contributed by atoms with van der Waals surface area (Å²) in [7, 11) is 0. The maximum absolute atomic E-state index is 12.8. The Labute approximate surface area is 146 Å². The van der Waals surface area contributed by atoms with Gasteiger partial charge in [-0.05, 0) is 59.2 Å². The van der Waals surface area contributed by atoms with E-state index in [1.807, 2.05) is 24.6 Å². The number of likely N-dealkylation sites (tertiary alicyclic amines) is 1. The number of aromatic nitrogens is 2.